The number of sulfonamides is 1. The van der Waals surface area contributed by atoms with Crippen LogP contribution in [0.1, 0.15) is 15.9 Å². The molecular formula is C18H19N5O3S. The van der Waals surface area contributed by atoms with Crippen LogP contribution in [0, 0.1) is 11.3 Å². The third-order valence-corrected chi connectivity index (χ3v) is 6.34. The molecule has 1 aromatic heterocycles. The first-order chi connectivity index (χ1) is 13.0. The Bertz CT molecular complexity index is 975. The van der Waals surface area contributed by atoms with Crippen LogP contribution < -0.4 is 10.2 Å². The van der Waals surface area contributed by atoms with Crippen molar-refractivity contribution >= 4 is 21.7 Å². The van der Waals surface area contributed by atoms with Crippen molar-refractivity contribution in [3.05, 3.63) is 53.7 Å². The summed E-state index contributed by atoms with van der Waals surface area (Å²) < 4.78 is 27.1. The van der Waals surface area contributed by atoms with Gasteiger partial charge in [-0.15, -0.1) is 0 Å². The van der Waals surface area contributed by atoms with E-state index in [0.29, 0.717) is 43.1 Å². The molecule has 0 aliphatic carbocycles. The highest BCUT2D eigenvalue weighted by Gasteiger charge is 2.29. The predicted molar refractivity (Wildman–Crippen MR) is 99.8 cm³/mol. The zero-order chi connectivity index (χ0) is 19.4. The summed E-state index contributed by atoms with van der Waals surface area (Å²) in [6.45, 7) is 1.48. The van der Waals surface area contributed by atoms with E-state index in [0.717, 1.165) is 0 Å². The van der Waals surface area contributed by atoms with Crippen molar-refractivity contribution < 1.29 is 13.2 Å². The van der Waals surface area contributed by atoms with E-state index in [4.69, 9.17) is 0 Å². The minimum Gasteiger partial charge on any atom is -0.355 e. The Labute approximate surface area is 158 Å². The Kier molecular flexibility index (Phi) is 5.39. The molecule has 1 N–H and O–H groups in total. The van der Waals surface area contributed by atoms with Crippen LogP contribution in [0.2, 0.25) is 0 Å². The van der Waals surface area contributed by atoms with E-state index in [2.05, 4.69) is 16.4 Å². The highest BCUT2D eigenvalue weighted by molar-refractivity contribution is 7.89. The second kappa shape index (κ2) is 7.73. The number of aromatic nitrogens is 1. The molecule has 0 saturated carbocycles. The average molecular weight is 385 g/mol. The highest BCUT2D eigenvalue weighted by Crippen LogP contribution is 2.22. The van der Waals surface area contributed by atoms with Gasteiger partial charge in [0, 0.05) is 45.0 Å². The summed E-state index contributed by atoms with van der Waals surface area (Å²) in [6, 6.07) is 11.4. The summed E-state index contributed by atoms with van der Waals surface area (Å²) in [7, 11) is -2.12. The molecule has 1 amide bonds. The van der Waals surface area contributed by atoms with Crippen LogP contribution in [0.3, 0.4) is 0 Å². The van der Waals surface area contributed by atoms with Gasteiger partial charge in [-0.05, 0) is 36.4 Å². The second-order valence-corrected chi connectivity index (χ2v) is 7.92. The van der Waals surface area contributed by atoms with Crippen molar-refractivity contribution in [1.82, 2.24) is 14.6 Å². The first-order valence-electron chi connectivity index (χ1n) is 8.39. The molecule has 1 fully saturated rings. The third-order valence-electron chi connectivity index (χ3n) is 4.43. The molecule has 1 aliphatic heterocycles. The SMILES string of the molecule is CNC(=O)c1ccc(S(=O)(=O)N2CCN(c3ncccc3C#N)CC2)cc1. The Balaban J connectivity index is 1.73. The number of carbonyl (C=O) groups is 1. The molecule has 2 heterocycles. The Morgan fingerprint density at radius 3 is 2.41 bits per heavy atom. The van der Waals surface area contributed by atoms with Gasteiger partial charge in [-0.25, -0.2) is 13.4 Å². The number of nitriles is 1. The summed E-state index contributed by atoms with van der Waals surface area (Å²) in [4.78, 5) is 17.9. The summed E-state index contributed by atoms with van der Waals surface area (Å²) in [5.41, 5.74) is 0.874. The van der Waals surface area contributed by atoms with Gasteiger partial charge in [-0.1, -0.05) is 0 Å². The second-order valence-electron chi connectivity index (χ2n) is 5.98. The van der Waals surface area contributed by atoms with E-state index in [1.165, 1.54) is 35.6 Å². The van der Waals surface area contributed by atoms with Gasteiger partial charge >= 0.3 is 0 Å². The maximum atomic E-state index is 12.8. The van der Waals surface area contributed by atoms with E-state index in [1.807, 2.05) is 4.90 Å². The molecular weight excluding hydrogens is 366 g/mol. The number of nitrogens with one attached hydrogen (secondary N) is 1. The van der Waals surface area contributed by atoms with Gasteiger partial charge in [0.05, 0.1) is 10.5 Å². The van der Waals surface area contributed by atoms with Crippen molar-refractivity contribution in [1.29, 1.82) is 5.26 Å². The number of benzene rings is 1. The van der Waals surface area contributed by atoms with Crippen molar-refractivity contribution in [3.63, 3.8) is 0 Å². The van der Waals surface area contributed by atoms with Gasteiger partial charge in [-0.3, -0.25) is 4.79 Å². The number of amides is 1. The minimum absolute atomic E-state index is 0.152. The largest absolute Gasteiger partial charge is 0.355 e. The standard InChI is InChI=1S/C18H19N5O3S/c1-20-18(24)14-4-6-16(7-5-14)27(25,26)23-11-9-22(10-12-23)17-15(13-19)3-2-8-21-17/h2-8H,9-12H2,1H3,(H,20,24). The molecule has 0 radical (unpaired) electrons. The zero-order valence-electron chi connectivity index (χ0n) is 14.8. The number of carbonyl (C=O) groups excluding carboxylic acids is 1. The highest BCUT2D eigenvalue weighted by atomic mass is 32.2. The molecule has 1 aromatic carbocycles. The average Bonchev–Trinajstić information content (AvgIpc) is 2.73. The smallest absolute Gasteiger partial charge is 0.251 e. The lowest BCUT2D eigenvalue weighted by atomic mass is 10.2. The van der Waals surface area contributed by atoms with Crippen LogP contribution in [0.15, 0.2) is 47.5 Å². The summed E-state index contributed by atoms with van der Waals surface area (Å²) >= 11 is 0. The molecule has 1 saturated heterocycles. The number of hydrogen-bond donors (Lipinski definition) is 1. The monoisotopic (exact) mass is 385 g/mol. The van der Waals surface area contributed by atoms with E-state index >= 15 is 0 Å². The molecule has 0 spiro atoms. The number of piperazine rings is 1. The topological polar surface area (TPSA) is 106 Å². The first-order valence-corrected chi connectivity index (χ1v) is 9.83. The Morgan fingerprint density at radius 1 is 1.15 bits per heavy atom. The van der Waals surface area contributed by atoms with Crippen LogP contribution in [0.4, 0.5) is 5.82 Å². The fourth-order valence-electron chi connectivity index (χ4n) is 2.95. The number of pyridine rings is 1. The van der Waals surface area contributed by atoms with Crippen LogP contribution >= 0.6 is 0 Å². The number of rotatable bonds is 4. The number of hydrogen-bond acceptors (Lipinski definition) is 6. The van der Waals surface area contributed by atoms with E-state index in [9.17, 15) is 18.5 Å². The molecule has 3 rings (SSSR count). The maximum absolute atomic E-state index is 12.8. The predicted octanol–water partition coefficient (Wildman–Crippen LogP) is 0.824. The maximum Gasteiger partial charge on any atom is 0.251 e. The third kappa shape index (κ3) is 3.77. The molecule has 8 nitrogen and oxygen atoms in total. The summed E-state index contributed by atoms with van der Waals surface area (Å²) in [6.07, 6.45) is 1.62. The van der Waals surface area contributed by atoms with Crippen LogP contribution in [-0.2, 0) is 10.0 Å². The van der Waals surface area contributed by atoms with Crippen molar-refractivity contribution in [2.24, 2.45) is 0 Å². The molecule has 0 atom stereocenters. The fraction of sp³-hybridized carbons (Fsp3) is 0.278. The van der Waals surface area contributed by atoms with Crippen molar-refractivity contribution in [2.75, 3.05) is 38.1 Å². The fourth-order valence-corrected chi connectivity index (χ4v) is 4.37. The van der Waals surface area contributed by atoms with Crippen LogP contribution in [-0.4, -0.2) is 56.8 Å². The van der Waals surface area contributed by atoms with Gasteiger partial charge in [0.25, 0.3) is 5.91 Å². The molecule has 0 unspecified atom stereocenters. The number of anilines is 1. The van der Waals surface area contributed by atoms with E-state index < -0.39 is 10.0 Å². The molecule has 0 bridgehead atoms. The minimum atomic E-state index is -3.64. The normalized spacial score (nSPS) is 15.2. The molecule has 140 valence electrons. The lowest BCUT2D eigenvalue weighted by molar-refractivity contribution is 0.0963. The van der Waals surface area contributed by atoms with E-state index in [-0.39, 0.29) is 10.8 Å². The van der Waals surface area contributed by atoms with E-state index in [1.54, 1.807) is 18.3 Å². The number of nitrogens with zero attached hydrogens (tertiary/aromatic N) is 4. The Hall–Kier alpha value is -2.96. The van der Waals surface area contributed by atoms with Crippen LogP contribution in [0.5, 0.6) is 0 Å². The molecule has 27 heavy (non-hydrogen) atoms. The van der Waals surface area contributed by atoms with Gasteiger partial charge < -0.3 is 10.2 Å². The Morgan fingerprint density at radius 2 is 1.81 bits per heavy atom. The molecule has 1 aliphatic rings. The lowest BCUT2D eigenvalue weighted by Gasteiger charge is -2.34. The summed E-state index contributed by atoms with van der Waals surface area (Å²) in [5, 5.41) is 11.7. The summed E-state index contributed by atoms with van der Waals surface area (Å²) in [5.74, 6) is 0.309. The molecule has 9 heteroatoms. The van der Waals surface area contributed by atoms with Crippen molar-refractivity contribution in [2.45, 2.75) is 4.90 Å². The van der Waals surface area contributed by atoms with Gasteiger partial charge in [-0.2, -0.15) is 9.57 Å². The first kappa shape index (κ1) is 18.8. The van der Waals surface area contributed by atoms with Gasteiger partial charge in [0.1, 0.15) is 11.9 Å². The quantitative estimate of drug-likeness (QED) is 0.835. The van der Waals surface area contributed by atoms with Crippen molar-refractivity contribution in [3.8, 4) is 6.07 Å². The lowest BCUT2D eigenvalue weighted by Crippen LogP contribution is -2.49. The van der Waals surface area contributed by atoms with Crippen LogP contribution in [0.25, 0.3) is 0 Å². The van der Waals surface area contributed by atoms with Gasteiger partial charge in [0.2, 0.25) is 10.0 Å². The van der Waals surface area contributed by atoms with Gasteiger partial charge in [0.15, 0.2) is 0 Å². The molecule has 2 aromatic rings. The zero-order valence-corrected chi connectivity index (χ0v) is 15.6.